The number of hydrogen-bond acceptors (Lipinski definition) is 7. The van der Waals surface area contributed by atoms with E-state index in [4.69, 9.17) is 4.74 Å². The smallest absolute Gasteiger partial charge is 0.252 e. The van der Waals surface area contributed by atoms with Crippen LogP contribution >= 0.6 is 0 Å². The maximum atomic E-state index is 10.2. The zero-order chi connectivity index (χ0) is 15.6. The highest BCUT2D eigenvalue weighted by Gasteiger charge is 2.17. The normalized spacial score (nSPS) is 14.6. The quantitative estimate of drug-likeness (QED) is 0.752. The Morgan fingerprint density at radius 2 is 2.09 bits per heavy atom. The van der Waals surface area contributed by atoms with Crippen molar-refractivity contribution in [3.63, 3.8) is 0 Å². The minimum Gasteiger partial charge on any atom is -0.507 e. The van der Waals surface area contributed by atoms with Gasteiger partial charge in [0.25, 0.3) is 5.88 Å². The van der Waals surface area contributed by atoms with Crippen LogP contribution in [0.4, 0.5) is 0 Å². The first-order valence-corrected chi connectivity index (χ1v) is 7.40. The summed E-state index contributed by atoms with van der Waals surface area (Å²) in [6.45, 7) is 2.55. The van der Waals surface area contributed by atoms with Gasteiger partial charge in [-0.2, -0.15) is 0 Å². The summed E-state index contributed by atoms with van der Waals surface area (Å²) in [5, 5.41) is 23.3. The van der Waals surface area contributed by atoms with Crippen LogP contribution in [0.3, 0.4) is 0 Å². The number of aromatic nitrogens is 4. The average molecular weight is 309 g/mol. The monoisotopic (exact) mass is 309 g/mol. The molecular formula is C16H15N5O2. The molecule has 3 aromatic rings. The molecule has 2 aromatic heterocycles. The van der Waals surface area contributed by atoms with Crippen LogP contribution in [0.15, 0.2) is 36.8 Å². The van der Waals surface area contributed by atoms with E-state index in [0.717, 1.165) is 23.9 Å². The Bertz CT molecular complexity index is 833. The van der Waals surface area contributed by atoms with E-state index in [-0.39, 0.29) is 5.75 Å². The van der Waals surface area contributed by atoms with Gasteiger partial charge in [0.1, 0.15) is 5.75 Å². The third kappa shape index (κ3) is 2.78. The second kappa shape index (κ2) is 5.77. The summed E-state index contributed by atoms with van der Waals surface area (Å²) in [5.74, 6) is 1.38. The molecule has 0 saturated carbocycles. The fourth-order valence-corrected chi connectivity index (χ4v) is 2.43. The van der Waals surface area contributed by atoms with E-state index in [9.17, 15) is 5.11 Å². The molecule has 0 bridgehead atoms. The van der Waals surface area contributed by atoms with Crippen LogP contribution in [0.5, 0.6) is 11.6 Å². The summed E-state index contributed by atoms with van der Waals surface area (Å²) in [6.07, 6.45) is 4.93. The summed E-state index contributed by atoms with van der Waals surface area (Å²) in [4.78, 5) is 8.29. The van der Waals surface area contributed by atoms with Gasteiger partial charge < -0.3 is 15.2 Å². The Hall–Kier alpha value is -2.80. The first-order chi connectivity index (χ1) is 11.3. The summed E-state index contributed by atoms with van der Waals surface area (Å²) in [6, 6.07) is 5.34. The molecule has 4 rings (SSSR count). The Balaban J connectivity index is 1.58. The average Bonchev–Trinajstić information content (AvgIpc) is 2.53. The molecule has 2 N–H and O–H groups in total. The molecule has 0 unspecified atom stereocenters. The van der Waals surface area contributed by atoms with Gasteiger partial charge in [0, 0.05) is 36.8 Å². The van der Waals surface area contributed by atoms with E-state index in [1.54, 1.807) is 18.5 Å². The number of nitrogens with one attached hydrogen (secondary N) is 1. The number of benzene rings is 1. The van der Waals surface area contributed by atoms with Crippen molar-refractivity contribution in [2.75, 3.05) is 19.7 Å². The first-order valence-electron chi connectivity index (χ1n) is 7.40. The summed E-state index contributed by atoms with van der Waals surface area (Å²) >= 11 is 0. The number of pyridine rings is 1. The van der Waals surface area contributed by atoms with Crippen molar-refractivity contribution in [1.82, 2.24) is 25.5 Å². The zero-order valence-corrected chi connectivity index (χ0v) is 12.3. The molecule has 0 spiro atoms. The van der Waals surface area contributed by atoms with Gasteiger partial charge in [0.2, 0.25) is 0 Å². The lowest BCUT2D eigenvalue weighted by Crippen LogP contribution is -2.45. The largest absolute Gasteiger partial charge is 0.507 e. The molecule has 0 aliphatic carbocycles. The lowest BCUT2D eigenvalue weighted by molar-refractivity contribution is 0.191. The molecule has 23 heavy (non-hydrogen) atoms. The molecule has 1 aromatic carbocycles. The Morgan fingerprint density at radius 1 is 1.17 bits per heavy atom. The predicted molar refractivity (Wildman–Crippen MR) is 84.1 cm³/mol. The molecule has 7 heteroatoms. The number of phenols is 1. The van der Waals surface area contributed by atoms with E-state index < -0.39 is 0 Å². The highest BCUT2D eigenvalue weighted by atomic mass is 16.5. The number of fused-ring (bicyclic) bond motifs is 1. The van der Waals surface area contributed by atoms with Crippen molar-refractivity contribution in [3.05, 3.63) is 36.8 Å². The van der Waals surface area contributed by atoms with Crippen molar-refractivity contribution in [3.8, 4) is 23.0 Å². The molecule has 1 fully saturated rings. The van der Waals surface area contributed by atoms with Crippen LogP contribution in [0.2, 0.25) is 0 Å². The molecule has 116 valence electrons. The third-order valence-corrected chi connectivity index (χ3v) is 3.87. The number of ether oxygens (including phenoxy) is 1. The van der Waals surface area contributed by atoms with E-state index in [1.807, 2.05) is 12.1 Å². The topological polar surface area (TPSA) is 93.1 Å². The molecule has 7 nitrogen and oxygen atoms in total. The van der Waals surface area contributed by atoms with E-state index in [1.165, 1.54) is 6.20 Å². The number of hydrogen-bond donors (Lipinski definition) is 2. The maximum absolute atomic E-state index is 10.2. The van der Waals surface area contributed by atoms with Crippen molar-refractivity contribution in [2.24, 2.45) is 5.92 Å². The van der Waals surface area contributed by atoms with Gasteiger partial charge in [-0.05, 0) is 23.6 Å². The Morgan fingerprint density at radius 3 is 2.83 bits per heavy atom. The number of nitrogens with zero attached hydrogens (tertiary/aromatic N) is 4. The van der Waals surface area contributed by atoms with E-state index in [0.29, 0.717) is 29.8 Å². The second-order valence-corrected chi connectivity index (χ2v) is 5.55. The molecule has 1 saturated heterocycles. The van der Waals surface area contributed by atoms with Crippen LogP contribution in [-0.2, 0) is 0 Å². The van der Waals surface area contributed by atoms with Crippen molar-refractivity contribution < 1.29 is 9.84 Å². The molecule has 0 radical (unpaired) electrons. The van der Waals surface area contributed by atoms with Gasteiger partial charge in [-0.1, -0.05) is 0 Å². The SMILES string of the molecule is Oc1cc2cnccc2cc1-c1ncc(OCC2CNC2)nn1. The van der Waals surface area contributed by atoms with Gasteiger partial charge in [0.15, 0.2) is 5.82 Å². The second-order valence-electron chi connectivity index (χ2n) is 5.55. The molecule has 1 aliphatic heterocycles. The minimum atomic E-state index is 0.0986. The fourth-order valence-electron chi connectivity index (χ4n) is 2.43. The number of rotatable bonds is 4. The summed E-state index contributed by atoms with van der Waals surface area (Å²) in [5.41, 5.74) is 0.533. The Kier molecular flexibility index (Phi) is 3.47. The van der Waals surface area contributed by atoms with Gasteiger partial charge in [-0.3, -0.25) is 4.98 Å². The number of phenolic OH excluding ortho intramolecular Hbond substituents is 1. The zero-order valence-electron chi connectivity index (χ0n) is 12.3. The van der Waals surface area contributed by atoms with E-state index >= 15 is 0 Å². The van der Waals surface area contributed by atoms with Gasteiger partial charge >= 0.3 is 0 Å². The minimum absolute atomic E-state index is 0.0986. The van der Waals surface area contributed by atoms with E-state index in [2.05, 4.69) is 25.5 Å². The maximum Gasteiger partial charge on any atom is 0.252 e. The van der Waals surface area contributed by atoms with Crippen LogP contribution in [0.1, 0.15) is 0 Å². The summed E-state index contributed by atoms with van der Waals surface area (Å²) < 4.78 is 5.55. The predicted octanol–water partition coefficient (Wildman–Crippen LogP) is 1.39. The van der Waals surface area contributed by atoms with Gasteiger partial charge in [-0.25, -0.2) is 4.98 Å². The third-order valence-electron chi connectivity index (χ3n) is 3.87. The summed E-state index contributed by atoms with van der Waals surface area (Å²) in [7, 11) is 0. The standard InChI is InChI=1S/C16H15N5O2/c22-14-4-12-7-17-2-1-11(12)3-13(14)16-19-8-15(20-21-16)23-9-10-5-18-6-10/h1-4,7-8,10,18,22H,5-6,9H2. The first kappa shape index (κ1) is 13.8. The number of aromatic hydroxyl groups is 1. The van der Waals surface area contributed by atoms with Gasteiger partial charge in [0.05, 0.1) is 18.4 Å². The molecule has 0 amide bonds. The highest BCUT2D eigenvalue weighted by molar-refractivity contribution is 5.88. The lowest BCUT2D eigenvalue weighted by atomic mass is 10.1. The van der Waals surface area contributed by atoms with Crippen molar-refractivity contribution >= 4 is 10.8 Å². The highest BCUT2D eigenvalue weighted by Crippen LogP contribution is 2.30. The lowest BCUT2D eigenvalue weighted by Gasteiger charge is -2.26. The van der Waals surface area contributed by atoms with Crippen LogP contribution in [0, 0.1) is 5.92 Å². The molecule has 3 heterocycles. The van der Waals surface area contributed by atoms with Crippen molar-refractivity contribution in [1.29, 1.82) is 0 Å². The molecular weight excluding hydrogens is 294 g/mol. The fraction of sp³-hybridized carbons (Fsp3) is 0.250. The van der Waals surface area contributed by atoms with Crippen molar-refractivity contribution in [2.45, 2.75) is 0 Å². The van der Waals surface area contributed by atoms with Gasteiger partial charge in [-0.15, -0.1) is 10.2 Å². The van der Waals surface area contributed by atoms with Crippen LogP contribution in [-0.4, -0.2) is 45.0 Å². The Labute approximate surface area is 132 Å². The van der Waals surface area contributed by atoms with Crippen LogP contribution < -0.4 is 10.1 Å². The molecule has 1 aliphatic rings. The molecule has 0 atom stereocenters. The van der Waals surface area contributed by atoms with Crippen LogP contribution in [0.25, 0.3) is 22.2 Å².